The van der Waals surface area contributed by atoms with Crippen molar-refractivity contribution in [2.24, 2.45) is 0 Å². The van der Waals surface area contributed by atoms with Crippen molar-refractivity contribution in [2.75, 3.05) is 18.5 Å². The highest BCUT2D eigenvalue weighted by Crippen LogP contribution is 2.29. The number of hydrogen-bond acceptors (Lipinski definition) is 2. The van der Waals surface area contributed by atoms with Gasteiger partial charge in [-0.05, 0) is 35.2 Å². The average Bonchev–Trinajstić information content (AvgIpc) is 2.51. The molecule has 0 aliphatic heterocycles. The summed E-state index contributed by atoms with van der Waals surface area (Å²) in [5, 5.41) is 5.72. The van der Waals surface area contributed by atoms with Crippen LogP contribution in [0.25, 0.3) is 0 Å². The summed E-state index contributed by atoms with van der Waals surface area (Å²) in [7, 11) is 0. The zero-order valence-corrected chi connectivity index (χ0v) is 15.8. The van der Waals surface area contributed by atoms with Crippen LogP contribution in [0.4, 0.5) is 10.5 Å². The Morgan fingerprint density at radius 3 is 2.58 bits per heavy atom. The number of hydrogen-bond donors (Lipinski definition) is 2. The zero-order valence-electron chi connectivity index (χ0n) is 14.2. The molecule has 0 bridgehead atoms. The van der Waals surface area contributed by atoms with Crippen LogP contribution in [0.5, 0.6) is 5.75 Å². The number of anilines is 1. The van der Waals surface area contributed by atoms with Gasteiger partial charge < -0.3 is 15.4 Å². The highest BCUT2D eigenvalue weighted by molar-refractivity contribution is 9.10. The molecule has 0 radical (unpaired) electrons. The quantitative estimate of drug-likeness (QED) is 0.709. The molecule has 2 amide bonds. The molecule has 0 saturated carbocycles. The number of benzene rings is 2. The van der Waals surface area contributed by atoms with Crippen LogP contribution in [-0.2, 0) is 5.41 Å². The van der Waals surface area contributed by atoms with Gasteiger partial charge in [-0.3, -0.25) is 0 Å². The maximum Gasteiger partial charge on any atom is 0.319 e. The lowest BCUT2D eigenvalue weighted by atomic mass is 9.86. The lowest BCUT2D eigenvalue weighted by Gasteiger charge is -2.23. The van der Waals surface area contributed by atoms with E-state index in [2.05, 4.69) is 47.3 Å². The molecule has 0 saturated heterocycles. The second kappa shape index (κ2) is 8.20. The van der Waals surface area contributed by atoms with E-state index in [9.17, 15) is 4.79 Å². The van der Waals surface area contributed by atoms with Crippen LogP contribution >= 0.6 is 15.9 Å². The maximum absolute atomic E-state index is 12.1. The lowest BCUT2D eigenvalue weighted by Crippen LogP contribution is -2.33. The molecule has 0 aliphatic carbocycles. The standard InChI is InChI=1S/C19H23BrN2O2/c1-19(2,3)16-9-4-5-10-17(16)22-18(23)21-11-12-24-15-8-6-7-14(20)13-15/h4-10,13H,11-12H2,1-3H3,(H2,21,22,23). The fourth-order valence-corrected chi connectivity index (χ4v) is 2.68. The number of carbonyl (C=O) groups is 1. The molecule has 4 nitrogen and oxygen atoms in total. The first-order chi connectivity index (χ1) is 11.4. The Morgan fingerprint density at radius 1 is 1.12 bits per heavy atom. The minimum Gasteiger partial charge on any atom is -0.492 e. The smallest absolute Gasteiger partial charge is 0.319 e. The van der Waals surface area contributed by atoms with Gasteiger partial charge in [0.05, 0.1) is 6.54 Å². The second-order valence-electron chi connectivity index (χ2n) is 6.48. The molecule has 128 valence electrons. The molecule has 2 rings (SSSR count). The number of urea groups is 1. The van der Waals surface area contributed by atoms with E-state index < -0.39 is 0 Å². The fraction of sp³-hybridized carbons (Fsp3) is 0.316. The maximum atomic E-state index is 12.1. The third-order valence-electron chi connectivity index (χ3n) is 3.44. The van der Waals surface area contributed by atoms with Crippen molar-refractivity contribution >= 4 is 27.6 Å². The van der Waals surface area contributed by atoms with E-state index in [4.69, 9.17) is 4.74 Å². The van der Waals surface area contributed by atoms with Crippen molar-refractivity contribution < 1.29 is 9.53 Å². The summed E-state index contributed by atoms with van der Waals surface area (Å²) in [5.41, 5.74) is 1.90. The van der Waals surface area contributed by atoms with Crippen molar-refractivity contribution in [2.45, 2.75) is 26.2 Å². The van der Waals surface area contributed by atoms with Gasteiger partial charge in [0, 0.05) is 10.2 Å². The fourth-order valence-electron chi connectivity index (χ4n) is 2.30. The number of halogens is 1. The number of rotatable bonds is 5. The van der Waals surface area contributed by atoms with E-state index in [1.54, 1.807) is 0 Å². The first-order valence-electron chi connectivity index (χ1n) is 7.89. The normalized spacial score (nSPS) is 11.0. The van der Waals surface area contributed by atoms with Crippen LogP contribution < -0.4 is 15.4 Å². The Balaban J connectivity index is 1.82. The van der Waals surface area contributed by atoms with Crippen molar-refractivity contribution in [3.8, 4) is 5.75 Å². The predicted molar refractivity (Wildman–Crippen MR) is 102 cm³/mol. The molecule has 0 aliphatic rings. The van der Waals surface area contributed by atoms with Crippen LogP contribution in [0.3, 0.4) is 0 Å². The number of para-hydroxylation sites is 1. The van der Waals surface area contributed by atoms with Crippen molar-refractivity contribution in [1.82, 2.24) is 5.32 Å². The summed E-state index contributed by atoms with van der Waals surface area (Å²) in [6, 6.07) is 15.2. The molecular formula is C19H23BrN2O2. The summed E-state index contributed by atoms with van der Waals surface area (Å²) < 4.78 is 6.56. The molecule has 0 fully saturated rings. The van der Waals surface area contributed by atoms with E-state index in [0.717, 1.165) is 21.5 Å². The molecule has 24 heavy (non-hydrogen) atoms. The molecule has 2 aromatic rings. The average molecular weight is 391 g/mol. The van der Waals surface area contributed by atoms with Crippen LogP contribution in [-0.4, -0.2) is 19.2 Å². The molecule has 0 spiro atoms. The van der Waals surface area contributed by atoms with Crippen molar-refractivity contribution in [3.63, 3.8) is 0 Å². The topological polar surface area (TPSA) is 50.4 Å². The van der Waals surface area contributed by atoms with Gasteiger partial charge in [0.2, 0.25) is 0 Å². The van der Waals surface area contributed by atoms with E-state index in [1.165, 1.54) is 0 Å². The highest BCUT2D eigenvalue weighted by atomic mass is 79.9. The largest absolute Gasteiger partial charge is 0.492 e. The molecule has 2 N–H and O–H groups in total. The Hall–Kier alpha value is -2.01. The lowest BCUT2D eigenvalue weighted by molar-refractivity contribution is 0.247. The third-order valence-corrected chi connectivity index (χ3v) is 3.93. The van der Waals surface area contributed by atoms with E-state index in [0.29, 0.717) is 13.2 Å². The van der Waals surface area contributed by atoms with E-state index >= 15 is 0 Å². The van der Waals surface area contributed by atoms with Crippen LogP contribution in [0, 0.1) is 0 Å². The Labute approximate surface area is 151 Å². The summed E-state index contributed by atoms with van der Waals surface area (Å²) in [4.78, 5) is 12.1. The predicted octanol–water partition coefficient (Wildman–Crippen LogP) is 4.95. The summed E-state index contributed by atoms with van der Waals surface area (Å²) in [5.74, 6) is 0.768. The minimum absolute atomic E-state index is 0.0340. The Kier molecular flexibility index (Phi) is 6.26. The van der Waals surface area contributed by atoms with Gasteiger partial charge in [0.15, 0.2) is 0 Å². The molecule has 0 atom stereocenters. The minimum atomic E-state index is -0.232. The van der Waals surface area contributed by atoms with Gasteiger partial charge in [0.25, 0.3) is 0 Å². The number of ether oxygens (including phenoxy) is 1. The van der Waals surface area contributed by atoms with Crippen molar-refractivity contribution in [1.29, 1.82) is 0 Å². The van der Waals surface area contributed by atoms with Gasteiger partial charge in [-0.15, -0.1) is 0 Å². The summed E-state index contributed by atoms with van der Waals surface area (Å²) >= 11 is 3.39. The van der Waals surface area contributed by atoms with E-state index in [-0.39, 0.29) is 11.4 Å². The number of carbonyl (C=O) groups excluding carboxylic acids is 1. The first kappa shape index (κ1) is 18.3. The summed E-state index contributed by atoms with van der Waals surface area (Å²) in [6.07, 6.45) is 0. The van der Waals surface area contributed by atoms with Gasteiger partial charge in [-0.2, -0.15) is 0 Å². The number of amides is 2. The van der Waals surface area contributed by atoms with Gasteiger partial charge in [-0.25, -0.2) is 4.79 Å². The van der Waals surface area contributed by atoms with Crippen LogP contribution in [0.2, 0.25) is 0 Å². The van der Waals surface area contributed by atoms with Crippen molar-refractivity contribution in [3.05, 3.63) is 58.6 Å². The van der Waals surface area contributed by atoms with Crippen LogP contribution in [0.15, 0.2) is 53.0 Å². The molecular weight excluding hydrogens is 368 g/mol. The highest BCUT2D eigenvalue weighted by Gasteiger charge is 2.18. The third kappa shape index (κ3) is 5.57. The number of nitrogens with one attached hydrogen (secondary N) is 2. The van der Waals surface area contributed by atoms with Gasteiger partial charge in [-0.1, -0.05) is 61.0 Å². The van der Waals surface area contributed by atoms with Gasteiger partial charge in [0.1, 0.15) is 12.4 Å². The first-order valence-corrected chi connectivity index (χ1v) is 8.68. The molecule has 2 aromatic carbocycles. The van der Waals surface area contributed by atoms with Crippen LogP contribution in [0.1, 0.15) is 26.3 Å². The molecule has 0 aromatic heterocycles. The zero-order chi connectivity index (χ0) is 17.6. The molecule has 0 unspecified atom stereocenters. The SMILES string of the molecule is CC(C)(C)c1ccccc1NC(=O)NCCOc1cccc(Br)c1. The second-order valence-corrected chi connectivity index (χ2v) is 7.40. The monoisotopic (exact) mass is 390 g/mol. The Bertz CT molecular complexity index is 696. The van der Waals surface area contributed by atoms with E-state index in [1.807, 2.05) is 48.5 Å². The van der Waals surface area contributed by atoms with Gasteiger partial charge >= 0.3 is 6.03 Å². The molecule has 5 heteroatoms. The Morgan fingerprint density at radius 2 is 1.88 bits per heavy atom. The molecule has 0 heterocycles. The summed E-state index contributed by atoms with van der Waals surface area (Å²) in [6.45, 7) is 7.20.